The van der Waals surface area contributed by atoms with Crippen molar-refractivity contribution in [1.29, 1.82) is 0 Å². The van der Waals surface area contributed by atoms with Crippen molar-refractivity contribution in [2.24, 2.45) is 0 Å². The van der Waals surface area contributed by atoms with Gasteiger partial charge in [-0.3, -0.25) is 0 Å². The number of rotatable bonds is 0. The van der Waals surface area contributed by atoms with Gasteiger partial charge < -0.3 is 15.2 Å². The van der Waals surface area contributed by atoms with Gasteiger partial charge in [-0.15, -0.1) is 0 Å². The molecule has 1 aromatic heterocycles. The smallest absolute Gasteiger partial charge is 0.274 e. The van der Waals surface area contributed by atoms with E-state index in [0.717, 1.165) is 0 Å². The van der Waals surface area contributed by atoms with Gasteiger partial charge in [-0.2, -0.15) is 4.98 Å². The second kappa shape index (κ2) is 1.14. The zero-order valence-electron chi connectivity index (χ0n) is 3.42. The van der Waals surface area contributed by atoms with Crippen molar-refractivity contribution in [3.05, 3.63) is 6.33 Å². The Morgan fingerprint density at radius 2 is 2.29 bits per heavy atom. The molecular formula is C3H4N2O2. The molecular weight excluding hydrogens is 96.0 g/mol. The number of nitrogens with zero attached hydrogens (tertiary/aromatic N) is 1. The molecule has 0 unspecified atom stereocenters. The van der Waals surface area contributed by atoms with Crippen LogP contribution in [0, 0.1) is 0 Å². The maximum Gasteiger partial charge on any atom is 0.274 e. The lowest BCUT2D eigenvalue weighted by Crippen LogP contribution is -1.58. The molecule has 0 aliphatic carbocycles. The van der Waals surface area contributed by atoms with E-state index in [1.807, 2.05) is 0 Å². The average molecular weight is 100 g/mol. The summed E-state index contributed by atoms with van der Waals surface area (Å²) in [7, 11) is 0. The Morgan fingerprint density at radius 1 is 1.57 bits per heavy atom. The highest BCUT2D eigenvalue weighted by Gasteiger charge is 1.95. The van der Waals surface area contributed by atoms with Crippen molar-refractivity contribution in [1.82, 2.24) is 9.97 Å². The van der Waals surface area contributed by atoms with Gasteiger partial charge in [0.2, 0.25) is 0 Å². The number of aromatic amines is 1. The monoisotopic (exact) mass is 100 g/mol. The molecule has 0 fully saturated rings. The van der Waals surface area contributed by atoms with E-state index in [-0.39, 0.29) is 11.8 Å². The molecule has 0 bridgehead atoms. The second-order valence-electron chi connectivity index (χ2n) is 1.07. The van der Waals surface area contributed by atoms with E-state index in [4.69, 9.17) is 10.2 Å². The first-order valence-electron chi connectivity index (χ1n) is 1.72. The van der Waals surface area contributed by atoms with Crippen LogP contribution < -0.4 is 0 Å². The predicted molar refractivity (Wildman–Crippen MR) is 21.9 cm³/mol. The van der Waals surface area contributed by atoms with Gasteiger partial charge in [-0.05, 0) is 0 Å². The minimum atomic E-state index is -0.361. The lowest BCUT2D eigenvalue weighted by atomic mass is 10.8. The Hall–Kier alpha value is -1.19. The van der Waals surface area contributed by atoms with E-state index < -0.39 is 0 Å². The molecule has 0 amide bonds. The quantitative estimate of drug-likeness (QED) is 0.423. The van der Waals surface area contributed by atoms with Crippen molar-refractivity contribution in [3.8, 4) is 11.8 Å². The molecule has 1 heterocycles. The molecule has 1 rings (SSSR count). The number of aromatic nitrogens is 2. The second-order valence-corrected chi connectivity index (χ2v) is 1.07. The molecule has 3 N–H and O–H groups in total. The third-order valence-electron chi connectivity index (χ3n) is 0.600. The maximum absolute atomic E-state index is 8.39. The fraction of sp³-hybridized carbons (Fsp3) is 0. The number of nitrogens with one attached hydrogen (secondary N) is 1. The maximum atomic E-state index is 8.39. The van der Waals surface area contributed by atoms with Crippen LogP contribution >= 0.6 is 0 Å². The Kier molecular flexibility index (Phi) is 0.651. The lowest BCUT2D eigenvalue weighted by molar-refractivity contribution is 0.386. The molecule has 7 heavy (non-hydrogen) atoms. The van der Waals surface area contributed by atoms with Crippen LogP contribution in [-0.2, 0) is 0 Å². The van der Waals surface area contributed by atoms with Gasteiger partial charge in [-0.25, -0.2) is 0 Å². The van der Waals surface area contributed by atoms with Crippen molar-refractivity contribution in [3.63, 3.8) is 0 Å². The third kappa shape index (κ3) is 0.489. The first-order valence-corrected chi connectivity index (χ1v) is 1.72. The van der Waals surface area contributed by atoms with Crippen LogP contribution in [0.3, 0.4) is 0 Å². The first kappa shape index (κ1) is 3.98. The fourth-order valence-corrected chi connectivity index (χ4v) is 0.280. The Morgan fingerprint density at radius 3 is 2.43 bits per heavy atom. The molecule has 38 valence electrons. The van der Waals surface area contributed by atoms with Crippen molar-refractivity contribution in [2.75, 3.05) is 0 Å². The third-order valence-corrected chi connectivity index (χ3v) is 0.600. The van der Waals surface area contributed by atoms with Gasteiger partial charge in [-0.1, -0.05) is 0 Å². The summed E-state index contributed by atoms with van der Waals surface area (Å²) in [6, 6.07) is 0. The van der Waals surface area contributed by atoms with Crippen LogP contribution in [0.25, 0.3) is 0 Å². The molecule has 0 aromatic carbocycles. The van der Waals surface area contributed by atoms with Crippen LogP contribution in [0.5, 0.6) is 11.8 Å². The molecule has 1 aromatic rings. The number of aromatic hydroxyl groups is 2. The van der Waals surface area contributed by atoms with E-state index in [9.17, 15) is 0 Å². The summed E-state index contributed by atoms with van der Waals surface area (Å²) < 4.78 is 0. The van der Waals surface area contributed by atoms with Gasteiger partial charge in [0.1, 0.15) is 0 Å². The summed E-state index contributed by atoms with van der Waals surface area (Å²) in [6.45, 7) is 0. The lowest BCUT2D eigenvalue weighted by Gasteiger charge is -1.77. The van der Waals surface area contributed by atoms with Crippen LogP contribution in [0.15, 0.2) is 6.33 Å². The van der Waals surface area contributed by atoms with Gasteiger partial charge >= 0.3 is 0 Å². The summed E-state index contributed by atoms with van der Waals surface area (Å²) in [6.07, 6.45) is 1.20. The van der Waals surface area contributed by atoms with Crippen molar-refractivity contribution >= 4 is 0 Å². The summed E-state index contributed by atoms with van der Waals surface area (Å²) in [5.74, 6) is -0.653. The topological polar surface area (TPSA) is 69.1 Å². The average Bonchev–Trinajstić information content (AvgIpc) is 1.91. The highest BCUT2D eigenvalue weighted by molar-refractivity contribution is 5.19. The zero-order chi connectivity index (χ0) is 5.28. The molecule has 0 atom stereocenters. The van der Waals surface area contributed by atoms with Gasteiger partial charge in [0.15, 0.2) is 0 Å². The van der Waals surface area contributed by atoms with Crippen LogP contribution in [0.4, 0.5) is 0 Å². The van der Waals surface area contributed by atoms with E-state index in [2.05, 4.69) is 9.97 Å². The largest absolute Gasteiger partial charge is 0.491 e. The highest BCUT2D eigenvalue weighted by atomic mass is 16.3. The first-order chi connectivity index (χ1) is 3.30. The number of hydrogen-bond acceptors (Lipinski definition) is 3. The van der Waals surface area contributed by atoms with Gasteiger partial charge in [0.05, 0.1) is 6.33 Å². The van der Waals surface area contributed by atoms with Crippen molar-refractivity contribution < 1.29 is 10.2 Å². The Balaban J connectivity index is 3.12. The van der Waals surface area contributed by atoms with Gasteiger partial charge in [0, 0.05) is 0 Å². The molecule has 0 aliphatic heterocycles. The summed E-state index contributed by atoms with van der Waals surface area (Å²) >= 11 is 0. The molecule has 4 heteroatoms. The number of hydrogen-bond donors (Lipinski definition) is 3. The van der Waals surface area contributed by atoms with E-state index in [1.165, 1.54) is 6.33 Å². The molecule has 0 aliphatic rings. The van der Waals surface area contributed by atoms with Gasteiger partial charge in [0.25, 0.3) is 11.8 Å². The molecule has 0 saturated heterocycles. The standard InChI is InChI=1S/C3H4N2O2/c6-2-3(7)5-1-4-2/h1,6-7H,(H,4,5). The molecule has 4 nitrogen and oxygen atoms in total. The number of H-pyrrole nitrogens is 1. The predicted octanol–water partition coefficient (Wildman–Crippen LogP) is -0.179. The van der Waals surface area contributed by atoms with Crippen LogP contribution in [0.1, 0.15) is 0 Å². The Labute approximate surface area is 39.4 Å². The SMILES string of the molecule is Oc1nc[nH]c1O. The minimum absolute atomic E-state index is 0.292. The fourth-order valence-electron chi connectivity index (χ4n) is 0.280. The van der Waals surface area contributed by atoms with E-state index in [1.54, 1.807) is 0 Å². The zero-order valence-corrected chi connectivity index (χ0v) is 3.42. The molecule has 0 spiro atoms. The summed E-state index contributed by atoms with van der Waals surface area (Å²) in [5.41, 5.74) is 0. The van der Waals surface area contributed by atoms with Crippen molar-refractivity contribution in [2.45, 2.75) is 0 Å². The minimum Gasteiger partial charge on any atom is -0.491 e. The Bertz CT molecular complexity index is 143. The molecule has 0 saturated carbocycles. The van der Waals surface area contributed by atoms with E-state index in [0.29, 0.717) is 0 Å². The summed E-state index contributed by atoms with van der Waals surface area (Å²) in [4.78, 5) is 5.53. The normalized spacial score (nSPS) is 9.14. The van der Waals surface area contributed by atoms with E-state index >= 15 is 0 Å². The molecule has 0 radical (unpaired) electrons. The number of imidazole rings is 1. The van der Waals surface area contributed by atoms with Crippen LogP contribution in [0.2, 0.25) is 0 Å². The highest BCUT2D eigenvalue weighted by Crippen LogP contribution is 2.15. The van der Waals surface area contributed by atoms with Crippen LogP contribution in [-0.4, -0.2) is 20.2 Å². The summed E-state index contributed by atoms with van der Waals surface area (Å²) in [5, 5.41) is 16.8.